The molecule has 13 aromatic rings. The van der Waals surface area contributed by atoms with Crippen LogP contribution in [0.15, 0.2) is 253 Å². The molecular weight excluding hydrogens is 1130 g/mol. The largest absolute Gasteiger partial charge is 0.494 e. The number of fused-ring (bicyclic) bond motifs is 18. The van der Waals surface area contributed by atoms with Crippen LogP contribution in [-0.2, 0) is 16.2 Å². The van der Waals surface area contributed by atoms with Crippen molar-refractivity contribution >= 4 is 68.2 Å². The maximum absolute atomic E-state index is 7.51. The number of para-hydroxylation sites is 7. The molecular formula is C84H64N2O6. The van der Waals surface area contributed by atoms with Gasteiger partial charge in [0.15, 0.2) is 57.3 Å². The van der Waals surface area contributed by atoms with E-state index >= 15 is 0 Å². The van der Waals surface area contributed by atoms with Crippen molar-refractivity contribution in [1.29, 1.82) is 0 Å². The lowest BCUT2D eigenvalue weighted by Gasteiger charge is -2.40. The zero-order chi connectivity index (χ0) is 62.2. The SMILES string of the molecule is COc1c(-c2ccccc2)cccc1N(c1ccc(C(C)(C)C)cc1)c1cc2c(c3c1Oc1ccccc1O3)C=Cc1c(cc(N(c3ccc(C(C)(C)C)cc3)c3cccc4c3oc3ccccc34)c3c1Oc1ccccc1O3)C21c2ccccc2-c2ccccc21. The molecule has 0 radical (unpaired) electrons. The van der Waals surface area contributed by atoms with Gasteiger partial charge < -0.3 is 37.9 Å². The first-order valence-corrected chi connectivity index (χ1v) is 31.5. The smallest absolute Gasteiger partial charge is 0.194 e. The summed E-state index contributed by atoms with van der Waals surface area (Å²) in [4.78, 5) is 4.61. The van der Waals surface area contributed by atoms with E-state index in [2.05, 4.69) is 245 Å². The minimum atomic E-state index is -1.12. The molecule has 8 nitrogen and oxygen atoms in total. The van der Waals surface area contributed by atoms with E-state index in [9.17, 15) is 0 Å². The fraction of sp³-hybridized carbons (Fsp3) is 0.119. The Balaban J connectivity index is 1.03. The molecule has 8 heteroatoms. The second-order valence-corrected chi connectivity index (χ2v) is 26.2. The van der Waals surface area contributed by atoms with Gasteiger partial charge in [0, 0.05) is 38.8 Å². The molecule has 0 N–H and O–H groups in total. The highest BCUT2D eigenvalue weighted by molar-refractivity contribution is 6.11. The molecule has 0 unspecified atom stereocenters. The van der Waals surface area contributed by atoms with Crippen LogP contribution >= 0.6 is 0 Å². The fourth-order valence-electron chi connectivity index (χ4n) is 14.5. The topological polar surface area (TPSA) is 65.8 Å². The van der Waals surface area contributed by atoms with Crippen LogP contribution in [0.25, 0.3) is 56.3 Å². The van der Waals surface area contributed by atoms with Crippen LogP contribution in [0.5, 0.6) is 51.7 Å². The number of anilines is 6. The summed E-state index contributed by atoms with van der Waals surface area (Å²) in [5.41, 5.74) is 17.5. The van der Waals surface area contributed by atoms with Crippen molar-refractivity contribution in [2.24, 2.45) is 0 Å². The lowest BCUT2D eigenvalue weighted by molar-refractivity contribution is 0.358. The summed E-state index contributed by atoms with van der Waals surface area (Å²) in [6.07, 6.45) is 4.40. The van der Waals surface area contributed by atoms with Gasteiger partial charge in [-0.05, 0) is 140 Å². The minimum absolute atomic E-state index is 0.114. The number of hydrogen-bond acceptors (Lipinski definition) is 8. The Labute approximate surface area is 535 Å². The monoisotopic (exact) mass is 1200 g/mol. The van der Waals surface area contributed by atoms with Crippen LogP contribution in [0.1, 0.15) is 86.1 Å². The average Bonchev–Trinajstić information content (AvgIpc) is 1.47. The van der Waals surface area contributed by atoms with Crippen LogP contribution in [0.3, 0.4) is 0 Å². The van der Waals surface area contributed by atoms with Gasteiger partial charge in [-0.3, -0.25) is 0 Å². The molecule has 0 saturated carbocycles. The molecule has 0 bridgehead atoms. The summed E-state index contributed by atoms with van der Waals surface area (Å²) < 4.78 is 43.6. The van der Waals surface area contributed by atoms with Gasteiger partial charge in [0.2, 0.25) is 0 Å². The van der Waals surface area contributed by atoms with Gasteiger partial charge in [-0.25, -0.2) is 0 Å². The Morgan fingerprint density at radius 1 is 0.359 bits per heavy atom. The van der Waals surface area contributed by atoms with E-state index in [1.807, 2.05) is 66.7 Å². The average molecular weight is 1200 g/mol. The molecule has 2 aliphatic carbocycles. The predicted octanol–water partition coefficient (Wildman–Crippen LogP) is 23.4. The van der Waals surface area contributed by atoms with E-state index < -0.39 is 5.41 Å². The van der Waals surface area contributed by atoms with Crippen LogP contribution in [0.4, 0.5) is 34.1 Å². The van der Waals surface area contributed by atoms with Crippen molar-refractivity contribution in [3.8, 4) is 74.0 Å². The lowest BCUT2D eigenvalue weighted by Crippen LogP contribution is -2.31. The Morgan fingerprint density at radius 2 is 0.783 bits per heavy atom. The Kier molecular flexibility index (Phi) is 12.3. The van der Waals surface area contributed by atoms with Gasteiger partial charge >= 0.3 is 0 Å². The molecule has 2 aliphatic heterocycles. The molecule has 0 amide bonds. The molecule has 12 aromatic carbocycles. The summed E-state index contributed by atoms with van der Waals surface area (Å²) in [5, 5.41) is 2.03. The third-order valence-corrected chi connectivity index (χ3v) is 18.8. The van der Waals surface area contributed by atoms with Crippen molar-refractivity contribution in [3.05, 3.63) is 293 Å². The maximum atomic E-state index is 7.51. The summed E-state index contributed by atoms with van der Waals surface area (Å²) in [6, 6.07) is 87.7. The number of nitrogens with zero attached hydrogens (tertiary/aromatic N) is 2. The van der Waals surface area contributed by atoms with Crippen molar-refractivity contribution in [3.63, 3.8) is 0 Å². The molecule has 3 heterocycles. The molecule has 1 aromatic heterocycles. The summed E-state index contributed by atoms with van der Waals surface area (Å²) in [5.74, 6) is 5.30. The Hall–Kier alpha value is -11.2. The van der Waals surface area contributed by atoms with Gasteiger partial charge in [-0.2, -0.15) is 0 Å². The molecule has 0 fully saturated rings. The molecule has 0 saturated heterocycles. The highest BCUT2D eigenvalue weighted by Gasteiger charge is 2.52. The van der Waals surface area contributed by atoms with Crippen molar-refractivity contribution in [1.82, 2.24) is 0 Å². The molecule has 0 atom stereocenters. The second kappa shape index (κ2) is 20.7. The van der Waals surface area contributed by atoms with Gasteiger partial charge in [-0.15, -0.1) is 0 Å². The molecule has 446 valence electrons. The normalized spacial score (nSPS) is 13.6. The van der Waals surface area contributed by atoms with Crippen molar-refractivity contribution in [2.45, 2.75) is 57.8 Å². The number of ether oxygens (including phenoxy) is 5. The van der Waals surface area contributed by atoms with Gasteiger partial charge in [-0.1, -0.05) is 224 Å². The molecule has 1 spiro atoms. The van der Waals surface area contributed by atoms with Crippen LogP contribution in [0, 0.1) is 0 Å². The van der Waals surface area contributed by atoms with E-state index in [4.69, 9.17) is 28.1 Å². The first-order valence-electron chi connectivity index (χ1n) is 31.5. The van der Waals surface area contributed by atoms with E-state index in [0.717, 1.165) is 112 Å². The highest BCUT2D eigenvalue weighted by Crippen LogP contribution is 2.67. The second-order valence-electron chi connectivity index (χ2n) is 26.2. The van der Waals surface area contributed by atoms with Gasteiger partial charge in [0.25, 0.3) is 0 Å². The zero-order valence-corrected chi connectivity index (χ0v) is 52.2. The van der Waals surface area contributed by atoms with E-state index in [1.54, 1.807) is 7.11 Å². The third-order valence-electron chi connectivity index (χ3n) is 18.8. The number of benzene rings is 12. The van der Waals surface area contributed by atoms with Crippen LogP contribution in [-0.4, -0.2) is 7.11 Å². The standard InChI is InChI=1S/C84H64N2O6/c1-82(2,3)52-39-43-54(44-40-52)85(67-32-21-28-56(76(67)87-7)51-23-9-8-10-24-51)69-49-65-61(78-80(69)91-74-37-19-17-35-72(74)89-78)47-48-62-66(84(65)63-30-14-11-25-57(63)58-26-12-15-31-64(58)84)50-70(81-79(62)90-73-36-18-20-38-75(73)92-81)86(55-45-41-53(42-46-55)83(4,5)6)68-33-22-29-60-59-27-13-16-34-71(59)88-77(60)68/h8-50H,1-7H3. The number of furan rings is 1. The summed E-state index contributed by atoms with van der Waals surface area (Å²) in [6.45, 7) is 13.5. The molecule has 4 aliphatic rings. The van der Waals surface area contributed by atoms with E-state index in [1.165, 1.54) is 11.1 Å². The third kappa shape index (κ3) is 8.36. The molecule has 17 rings (SSSR count). The Bertz CT molecular complexity index is 5140. The lowest BCUT2D eigenvalue weighted by atomic mass is 9.65. The Morgan fingerprint density at radius 3 is 1.30 bits per heavy atom. The van der Waals surface area contributed by atoms with Gasteiger partial charge in [0.05, 0.1) is 35.3 Å². The molecule has 92 heavy (non-hydrogen) atoms. The van der Waals surface area contributed by atoms with Crippen molar-refractivity contribution in [2.75, 3.05) is 16.9 Å². The number of hydrogen-bond donors (Lipinski definition) is 0. The first-order chi connectivity index (χ1) is 44.8. The quantitative estimate of drug-likeness (QED) is 0.149. The van der Waals surface area contributed by atoms with E-state index in [-0.39, 0.29) is 10.8 Å². The van der Waals surface area contributed by atoms with Crippen LogP contribution < -0.4 is 33.5 Å². The number of methoxy groups -OCH3 is 1. The van der Waals surface area contributed by atoms with Gasteiger partial charge in [0.1, 0.15) is 5.58 Å². The fourth-order valence-corrected chi connectivity index (χ4v) is 14.5. The minimum Gasteiger partial charge on any atom is -0.494 e. The zero-order valence-electron chi connectivity index (χ0n) is 52.2. The van der Waals surface area contributed by atoms with Crippen molar-refractivity contribution < 1.29 is 28.1 Å². The maximum Gasteiger partial charge on any atom is 0.194 e. The first kappa shape index (κ1) is 54.9. The van der Waals surface area contributed by atoms with Crippen LogP contribution in [0.2, 0.25) is 0 Å². The summed E-state index contributed by atoms with van der Waals surface area (Å²) >= 11 is 0. The van der Waals surface area contributed by atoms with E-state index in [0.29, 0.717) is 51.7 Å². The highest BCUT2D eigenvalue weighted by atomic mass is 16.6. The number of rotatable bonds is 8. The summed E-state index contributed by atoms with van der Waals surface area (Å²) in [7, 11) is 1.76. The predicted molar refractivity (Wildman–Crippen MR) is 372 cm³/mol.